The average molecular weight is 468 g/mol. The van der Waals surface area contributed by atoms with Crippen molar-refractivity contribution < 1.29 is 17.6 Å². The first-order valence-electron chi connectivity index (χ1n) is 10.0. The van der Waals surface area contributed by atoms with E-state index in [0.717, 1.165) is 29.9 Å². The average Bonchev–Trinajstić information content (AvgIpc) is 3.40. The molecule has 0 aliphatic rings. The first-order chi connectivity index (χ1) is 16.2. The van der Waals surface area contributed by atoms with Crippen LogP contribution in [-0.4, -0.2) is 40.3 Å². The van der Waals surface area contributed by atoms with Crippen LogP contribution in [0.3, 0.4) is 0 Å². The Bertz CT molecular complexity index is 1490. The lowest BCUT2D eigenvalue weighted by Gasteiger charge is -2.24. The fourth-order valence-corrected chi connectivity index (χ4v) is 3.67. The molecule has 0 amide bonds. The summed E-state index contributed by atoms with van der Waals surface area (Å²) >= 11 is 0. The van der Waals surface area contributed by atoms with E-state index in [2.05, 4.69) is 25.1 Å². The van der Waals surface area contributed by atoms with Gasteiger partial charge in [0.25, 0.3) is 5.92 Å². The molecular formula is C22H16F4N8. The topological polar surface area (TPSA) is 99.8 Å². The minimum atomic E-state index is -3.24. The highest BCUT2D eigenvalue weighted by atomic mass is 19.3. The summed E-state index contributed by atoms with van der Waals surface area (Å²) in [6, 6.07) is 6.46. The summed E-state index contributed by atoms with van der Waals surface area (Å²) in [6.07, 6.45) is 5.10. The lowest BCUT2D eigenvalue weighted by molar-refractivity contribution is -0.0217. The van der Waals surface area contributed by atoms with Crippen LogP contribution < -0.4 is 5.73 Å². The van der Waals surface area contributed by atoms with E-state index < -0.39 is 23.6 Å². The van der Waals surface area contributed by atoms with E-state index in [4.69, 9.17) is 5.73 Å². The third-order valence-corrected chi connectivity index (χ3v) is 5.16. The fourth-order valence-electron chi connectivity index (χ4n) is 3.67. The summed E-state index contributed by atoms with van der Waals surface area (Å²) in [5, 5.41) is 8.01. The van der Waals surface area contributed by atoms with Gasteiger partial charge in [-0.05, 0) is 29.8 Å². The van der Waals surface area contributed by atoms with Crippen LogP contribution in [0.1, 0.15) is 18.5 Å². The summed E-state index contributed by atoms with van der Waals surface area (Å²) < 4.78 is 59.4. The van der Waals surface area contributed by atoms with Crippen molar-refractivity contribution in [3.8, 4) is 22.6 Å². The van der Waals surface area contributed by atoms with E-state index in [9.17, 15) is 17.6 Å². The largest absolute Gasteiger partial charge is 0.366 e. The number of pyridine rings is 1. The second-order valence-corrected chi connectivity index (χ2v) is 7.70. The predicted octanol–water partition coefficient (Wildman–Crippen LogP) is 4.15. The molecule has 172 valence electrons. The molecule has 5 rings (SSSR count). The smallest absolute Gasteiger partial charge is 0.271 e. The molecule has 12 heteroatoms. The number of nitrogens with zero attached hydrogens (tertiary/aromatic N) is 7. The van der Waals surface area contributed by atoms with Gasteiger partial charge in [0.2, 0.25) is 5.95 Å². The Hall–Kier alpha value is -4.35. The second-order valence-electron chi connectivity index (χ2n) is 7.70. The summed E-state index contributed by atoms with van der Waals surface area (Å²) in [7, 11) is 0. The molecule has 0 spiro atoms. The third-order valence-electron chi connectivity index (χ3n) is 5.16. The number of rotatable bonds is 5. The van der Waals surface area contributed by atoms with Crippen molar-refractivity contribution in [2.45, 2.75) is 18.9 Å². The zero-order valence-electron chi connectivity index (χ0n) is 17.6. The van der Waals surface area contributed by atoms with Crippen LogP contribution in [0.15, 0.2) is 61.2 Å². The zero-order chi connectivity index (χ0) is 24.0. The van der Waals surface area contributed by atoms with Crippen LogP contribution in [-0.2, 0) is 0 Å². The van der Waals surface area contributed by atoms with Crippen LogP contribution >= 0.6 is 0 Å². The summed E-state index contributed by atoms with van der Waals surface area (Å²) in [4.78, 5) is 12.4. The Morgan fingerprint density at radius 1 is 1.00 bits per heavy atom. The Kier molecular flexibility index (Phi) is 5.00. The molecule has 1 aromatic carbocycles. The van der Waals surface area contributed by atoms with Crippen molar-refractivity contribution in [3.63, 3.8) is 0 Å². The van der Waals surface area contributed by atoms with Crippen molar-refractivity contribution in [2.75, 3.05) is 5.73 Å². The molecule has 0 saturated carbocycles. The van der Waals surface area contributed by atoms with Gasteiger partial charge >= 0.3 is 0 Å². The number of aromatic nitrogens is 7. The van der Waals surface area contributed by atoms with Crippen molar-refractivity contribution in [3.05, 3.63) is 78.4 Å². The molecule has 0 radical (unpaired) electrons. The van der Waals surface area contributed by atoms with Gasteiger partial charge < -0.3 is 5.73 Å². The van der Waals surface area contributed by atoms with E-state index in [1.807, 2.05) is 0 Å². The molecule has 2 N–H and O–H groups in total. The number of fused-ring (bicyclic) bond motifs is 1. The van der Waals surface area contributed by atoms with Crippen LogP contribution in [0.5, 0.6) is 0 Å². The van der Waals surface area contributed by atoms with E-state index in [0.29, 0.717) is 11.2 Å². The molecule has 0 fully saturated rings. The summed E-state index contributed by atoms with van der Waals surface area (Å²) in [6.45, 7) is 0.735. The zero-order valence-corrected chi connectivity index (χ0v) is 17.6. The number of anilines is 1. The molecule has 4 heterocycles. The number of hydrogen-bond acceptors (Lipinski definition) is 6. The van der Waals surface area contributed by atoms with Crippen molar-refractivity contribution in [1.29, 1.82) is 0 Å². The van der Waals surface area contributed by atoms with Gasteiger partial charge in [0.05, 0.1) is 12.4 Å². The molecule has 0 bridgehead atoms. The van der Waals surface area contributed by atoms with Gasteiger partial charge in [-0.2, -0.15) is 10.1 Å². The van der Waals surface area contributed by atoms with Gasteiger partial charge in [-0.1, -0.05) is 12.1 Å². The highest BCUT2D eigenvalue weighted by Crippen LogP contribution is 2.35. The minimum Gasteiger partial charge on any atom is -0.366 e. The van der Waals surface area contributed by atoms with Gasteiger partial charge in [0.1, 0.15) is 17.6 Å². The maximum absolute atomic E-state index is 14.6. The SMILES string of the molecule is CC(F)(F)[C@@H](c1ccc(F)cc1)n1cc(-c2nc(-c3ccn4nc(N)nc4c3)ncc2F)cn1. The highest BCUT2D eigenvalue weighted by Gasteiger charge is 2.38. The van der Waals surface area contributed by atoms with Crippen molar-refractivity contribution >= 4 is 11.6 Å². The normalized spacial score (nSPS) is 12.9. The number of alkyl halides is 2. The van der Waals surface area contributed by atoms with E-state index in [1.165, 1.54) is 29.0 Å². The minimum absolute atomic E-state index is 0.0914. The molecule has 0 aliphatic carbocycles. The fraction of sp³-hybridized carbons (Fsp3) is 0.136. The lowest BCUT2D eigenvalue weighted by Crippen LogP contribution is -2.29. The van der Waals surface area contributed by atoms with E-state index >= 15 is 0 Å². The predicted molar refractivity (Wildman–Crippen MR) is 115 cm³/mol. The molecule has 34 heavy (non-hydrogen) atoms. The molecular weight excluding hydrogens is 452 g/mol. The maximum atomic E-state index is 14.6. The van der Waals surface area contributed by atoms with Gasteiger partial charge in [0, 0.05) is 30.4 Å². The Morgan fingerprint density at radius 2 is 1.76 bits per heavy atom. The standard InChI is InChI=1S/C22H16F4N8/c1-22(25,26)19(12-2-4-15(23)5-3-12)34-11-14(9-29-34)18-16(24)10-28-20(31-18)13-6-7-33-17(8-13)30-21(27)32-33/h2-11,19H,1H3,(H2,27,32)/t19-/m1/s1. The van der Waals surface area contributed by atoms with Gasteiger partial charge in [-0.15, -0.1) is 5.10 Å². The quantitative estimate of drug-likeness (QED) is 0.389. The molecule has 1 atom stereocenters. The molecule has 0 unspecified atom stereocenters. The van der Waals surface area contributed by atoms with Gasteiger partial charge in [-0.25, -0.2) is 32.0 Å². The first kappa shape index (κ1) is 21.5. The lowest BCUT2D eigenvalue weighted by atomic mass is 10.0. The van der Waals surface area contributed by atoms with E-state index in [1.54, 1.807) is 18.3 Å². The Morgan fingerprint density at radius 3 is 2.50 bits per heavy atom. The van der Waals surface area contributed by atoms with Gasteiger partial charge in [-0.3, -0.25) is 4.68 Å². The highest BCUT2D eigenvalue weighted by molar-refractivity contribution is 5.65. The summed E-state index contributed by atoms with van der Waals surface area (Å²) in [5.74, 6) is -4.27. The molecule has 8 nitrogen and oxygen atoms in total. The Balaban J connectivity index is 1.54. The molecule has 0 aliphatic heterocycles. The first-order valence-corrected chi connectivity index (χ1v) is 10.0. The number of benzene rings is 1. The summed E-state index contributed by atoms with van der Waals surface area (Å²) in [5.41, 5.74) is 6.78. The second kappa shape index (κ2) is 7.90. The molecule has 0 saturated heterocycles. The third kappa shape index (κ3) is 3.93. The van der Waals surface area contributed by atoms with Crippen LogP contribution in [0.25, 0.3) is 28.3 Å². The van der Waals surface area contributed by atoms with Gasteiger partial charge in [0.15, 0.2) is 17.3 Å². The number of nitrogen functional groups attached to an aromatic ring is 1. The van der Waals surface area contributed by atoms with Crippen molar-refractivity contribution in [2.24, 2.45) is 0 Å². The van der Waals surface area contributed by atoms with Crippen LogP contribution in [0, 0.1) is 11.6 Å². The monoisotopic (exact) mass is 468 g/mol. The number of halogens is 4. The number of nitrogens with two attached hydrogens (primary N) is 1. The maximum Gasteiger partial charge on any atom is 0.271 e. The molecule has 4 aromatic heterocycles. The number of hydrogen-bond donors (Lipinski definition) is 1. The van der Waals surface area contributed by atoms with Crippen molar-refractivity contribution in [1.82, 2.24) is 34.3 Å². The van der Waals surface area contributed by atoms with E-state index in [-0.39, 0.29) is 28.6 Å². The molecule has 5 aromatic rings. The van der Waals surface area contributed by atoms with Crippen LogP contribution in [0.4, 0.5) is 23.5 Å². The Labute approximate surface area is 189 Å². The van der Waals surface area contributed by atoms with Crippen LogP contribution in [0.2, 0.25) is 0 Å².